The molecule has 0 radical (unpaired) electrons. The number of hydrogen-bond acceptors (Lipinski definition) is 4. The third-order valence-corrected chi connectivity index (χ3v) is 8.44. The summed E-state index contributed by atoms with van der Waals surface area (Å²) in [4.78, 5) is 27.6. The smallest absolute Gasteiger partial charge is 0.252 e. The molecule has 1 heterocycles. The van der Waals surface area contributed by atoms with Gasteiger partial charge in [0.05, 0.1) is 17.0 Å². The number of anilines is 1. The fourth-order valence-electron chi connectivity index (χ4n) is 4.29. The minimum Gasteiger partial charge on any atom is -0.274 e. The molecule has 1 aliphatic heterocycles. The van der Waals surface area contributed by atoms with Crippen molar-refractivity contribution in [2.24, 2.45) is 0 Å². The molecule has 0 bridgehead atoms. The first-order valence-corrected chi connectivity index (χ1v) is 13.2. The highest BCUT2D eigenvalue weighted by Crippen LogP contribution is 2.32. The summed E-state index contributed by atoms with van der Waals surface area (Å²) in [6, 6.07) is 27.1. The molecule has 1 aliphatic rings. The zero-order valence-corrected chi connectivity index (χ0v) is 20.9. The molecule has 0 saturated carbocycles. The number of carbonyl (C=O) groups excluding carboxylic acids is 2. The number of sulfonamides is 1. The number of halogens is 1. The number of nitrogens with zero attached hydrogens (tertiary/aromatic N) is 2. The van der Waals surface area contributed by atoms with Crippen molar-refractivity contribution in [3.05, 3.63) is 107 Å². The van der Waals surface area contributed by atoms with Crippen LogP contribution in [0.3, 0.4) is 0 Å². The molecule has 1 unspecified atom stereocenters. The second kappa shape index (κ2) is 9.37. The van der Waals surface area contributed by atoms with Gasteiger partial charge >= 0.3 is 0 Å². The summed E-state index contributed by atoms with van der Waals surface area (Å²) in [7, 11) is -4.12. The van der Waals surface area contributed by atoms with Crippen molar-refractivity contribution in [1.82, 2.24) is 4.31 Å². The molecule has 1 fully saturated rings. The van der Waals surface area contributed by atoms with Crippen LogP contribution in [0.1, 0.15) is 12.0 Å². The lowest BCUT2D eigenvalue weighted by molar-refractivity contribution is -0.122. The van der Waals surface area contributed by atoms with E-state index in [1.165, 1.54) is 0 Å². The summed E-state index contributed by atoms with van der Waals surface area (Å²) in [5.41, 5.74) is 1.13. The SMILES string of the molecule is O=C1CC(N(Cc2ccccc2)S(=O)(=O)c2ccc3ccccc3c2)C(=O)N1c1ccc(Br)cc1. The van der Waals surface area contributed by atoms with E-state index in [9.17, 15) is 18.0 Å². The predicted octanol–water partition coefficient (Wildman–Crippen LogP) is 5.13. The van der Waals surface area contributed by atoms with E-state index in [1.807, 2.05) is 42.5 Å². The van der Waals surface area contributed by atoms with Gasteiger partial charge in [0.15, 0.2) is 0 Å². The number of hydrogen-bond donors (Lipinski definition) is 0. The molecule has 0 aromatic heterocycles. The van der Waals surface area contributed by atoms with Crippen molar-refractivity contribution in [3.63, 3.8) is 0 Å². The summed E-state index contributed by atoms with van der Waals surface area (Å²) in [6.07, 6.45) is -0.228. The van der Waals surface area contributed by atoms with Crippen LogP contribution in [0.4, 0.5) is 5.69 Å². The fourth-order valence-corrected chi connectivity index (χ4v) is 6.16. The zero-order chi connectivity index (χ0) is 24.6. The van der Waals surface area contributed by atoms with Crippen LogP contribution in [0, 0.1) is 0 Å². The second-order valence-electron chi connectivity index (χ2n) is 8.31. The summed E-state index contributed by atoms with van der Waals surface area (Å²) < 4.78 is 29.9. The minimum atomic E-state index is -4.12. The van der Waals surface area contributed by atoms with Gasteiger partial charge in [-0.1, -0.05) is 76.6 Å². The summed E-state index contributed by atoms with van der Waals surface area (Å²) in [5, 5.41) is 1.69. The molecular formula is C27H21BrN2O4S. The Morgan fingerprint density at radius 2 is 1.49 bits per heavy atom. The molecule has 176 valence electrons. The van der Waals surface area contributed by atoms with E-state index in [2.05, 4.69) is 15.9 Å². The first-order chi connectivity index (χ1) is 16.8. The summed E-state index contributed by atoms with van der Waals surface area (Å²) in [5.74, 6) is -0.994. The third kappa shape index (κ3) is 4.52. The predicted molar refractivity (Wildman–Crippen MR) is 138 cm³/mol. The number of benzene rings is 4. The van der Waals surface area contributed by atoms with Crippen molar-refractivity contribution in [3.8, 4) is 0 Å². The number of amides is 2. The Hall–Kier alpha value is -3.33. The summed E-state index contributed by atoms with van der Waals surface area (Å²) >= 11 is 3.35. The molecule has 4 aromatic carbocycles. The van der Waals surface area contributed by atoms with Gasteiger partial charge in [-0.15, -0.1) is 0 Å². The van der Waals surface area contributed by atoms with E-state index in [0.29, 0.717) is 5.69 Å². The lowest BCUT2D eigenvalue weighted by Crippen LogP contribution is -2.45. The molecule has 6 nitrogen and oxygen atoms in total. The van der Waals surface area contributed by atoms with Crippen LogP contribution in [-0.4, -0.2) is 30.6 Å². The minimum absolute atomic E-state index is 0.0339. The first kappa shape index (κ1) is 23.4. The van der Waals surface area contributed by atoms with Gasteiger partial charge in [0.2, 0.25) is 15.9 Å². The second-order valence-corrected chi connectivity index (χ2v) is 11.1. The van der Waals surface area contributed by atoms with E-state index in [1.54, 1.807) is 54.6 Å². The maximum Gasteiger partial charge on any atom is 0.252 e. The first-order valence-electron chi connectivity index (χ1n) is 11.0. The molecule has 0 N–H and O–H groups in total. The number of fused-ring (bicyclic) bond motifs is 1. The van der Waals surface area contributed by atoms with Crippen LogP contribution in [0.5, 0.6) is 0 Å². The fraction of sp³-hybridized carbons (Fsp3) is 0.111. The Bertz CT molecular complexity index is 1520. The van der Waals surface area contributed by atoms with Gasteiger partial charge in [-0.3, -0.25) is 9.59 Å². The molecule has 1 saturated heterocycles. The summed E-state index contributed by atoms with van der Waals surface area (Å²) in [6.45, 7) is -0.0339. The van der Waals surface area contributed by atoms with Gasteiger partial charge in [0.1, 0.15) is 6.04 Å². The van der Waals surface area contributed by atoms with Crippen molar-refractivity contribution < 1.29 is 18.0 Å². The maximum absolute atomic E-state index is 13.9. The topological polar surface area (TPSA) is 74.8 Å². The van der Waals surface area contributed by atoms with Gasteiger partial charge in [-0.2, -0.15) is 4.31 Å². The van der Waals surface area contributed by atoms with E-state index in [0.717, 1.165) is 30.0 Å². The van der Waals surface area contributed by atoms with E-state index >= 15 is 0 Å². The normalized spacial score (nSPS) is 16.4. The molecule has 0 spiro atoms. The largest absolute Gasteiger partial charge is 0.274 e. The van der Waals surface area contributed by atoms with Crippen molar-refractivity contribution in [2.75, 3.05) is 4.90 Å². The van der Waals surface area contributed by atoms with Crippen LogP contribution in [0.15, 0.2) is 106 Å². The lowest BCUT2D eigenvalue weighted by atomic mass is 10.1. The highest BCUT2D eigenvalue weighted by molar-refractivity contribution is 9.10. The Kier molecular flexibility index (Phi) is 6.27. The van der Waals surface area contributed by atoms with Crippen molar-refractivity contribution >= 4 is 54.2 Å². The maximum atomic E-state index is 13.9. The van der Waals surface area contributed by atoms with Crippen LogP contribution in [0.2, 0.25) is 0 Å². The number of rotatable bonds is 6. The van der Waals surface area contributed by atoms with Crippen LogP contribution in [-0.2, 0) is 26.2 Å². The van der Waals surface area contributed by atoms with Gasteiger partial charge in [-0.25, -0.2) is 13.3 Å². The Morgan fingerprint density at radius 3 is 2.20 bits per heavy atom. The van der Waals surface area contributed by atoms with Gasteiger partial charge < -0.3 is 0 Å². The van der Waals surface area contributed by atoms with Crippen LogP contribution < -0.4 is 4.90 Å². The Balaban J connectivity index is 1.57. The van der Waals surface area contributed by atoms with Crippen molar-refractivity contribution in [1.29, 1.82) is 0 Å². The lowest BCUT2D eigenvalue weighted by Gasteiger charge is -2.27. The molecule has 35 heavy (non-hydrogen) atoms. The van der Waals surface area contributed by atoms with E-state index in [4.69, 9.17) is 0 Å². The molecular weight excluding hydrogens is 528 g/mol. The quantitative estimate of drug-likeness (QED) is 0.313. The average molecular weight is 549 g/mol. The van der Waals surface area contributed by atoms with Crippen LogP contribution >= 0.6 is 15.9 Å². The molecule has 1 atom stereocenters. The van der Waals surface area contributed by atoms with Crippen LogP contribution in [0.25, 0.3) is 10.8 Å². The highest BCUT2D eigenvalue weighted by atomic mass is 79.9. The molecule has 5 rings (SSSR count). The standard InChI is InChI=1S/C27H21BrN2O4S/c28-22-11-13-23(14-12-22)30-26(31)17-25(27(30)32)29(18-19-6-2-1-3-7-19)35(33,34)24-15-10-20-8-4-5-9-21(20)16-24/h1-16,25H,17-18H2. The van der Waals surface area contributed by atoms with Gasteiger partial charge in [-0.05, 0) is 52.7 Å². The highest BCUT2D eigenvalue weighted by Gasteiger charge is 2.47. The van der Waals surface area contributed by atoms with Gasteiger partial charge in [0.25, 0.3) is 5.91 Å². The van der Waals surface area contributed by atoms with E-state index in [-0.39, 0.29) is 17.9 Å². The number of imide groups is 1. The molecule has 2 amide bonds. The zero-order valence-electron chi connectivity index (χ0n) is 18.5. The molecule has 8 heteroatoms. The van der Waals surface area contributed by atoms with E-state index < -0.39 is 27.9 Å². The number of carbonyl (C=O) groups is 2. The van der Waals surface area contributed by atoms with Gasteiger partial charge in [0, 0.05) is 11.0 Å². The third-order valence-electron chi connectivity index (χ3n) is 6.06. The monoisotopic (exact) mass is 548 g/mol. The molecule has 4 aromatic rings. The molecule has 0 aliphatic carbocycles. The average Bonchev–Trinajstić information content (AvgIpc) is 3.16. The van der Waals surface area contributed by atoms with Crippen molar-refractivity contribution in [2.45, 2.75) is 23.9 Å². The Labute approximate surface area is 212 Å². The Morgan fingerprint density at radius 1 is 0.829 bits per heavy atom.